The molecule has 1 aromatic carbocycles. The Balaban J connectivity index is 2.16. The fraction of sp³-hybridized carbons (Fsp3) is 0.588. The highest BCUT2D eigenvalue weighted by atomic mass is 16.1. The molecule has 0 bridgehead atoms. The van der Waals surface area contributed by atoms with E-state index in [9.17, 15) is 4.79 Å². The van der Waals surface area contributed by atoms with Crippen LogP contribution in [-0.4, -0.2) is 19.0 Å². The fourth-order valence-corrected chi connectivity index (χ4v) is 2.13. The minimum Gasteiger partial charge on any atom is -0.385 e. The van der Waals surface area contributed by atoms with E-state index in [1.165, 1.54) is 43.4 Å². The summed E-state index contributed by atoms with van der Waals surface area (Å²) in [5.41, 5.74) is 2.44. The van der Waals surface area contributed by atoms with E-state index in [1.807, 2.05) is 0 Å². The molecule has 0 aliphatic heterocycles. The van der Waals surface area contributed by atoms with E-state index >= 15 is 0 Å². The van der Waals surface area contributed by atoms with Crippen LogP contribution in [0.2, 0.25) is 0 Å². The summed E-state index contributed by atoms with van der Waals surface area (Å²) in [6, 6.07) is 8.49. The van der Waals surface area contributed by atoms with Crippen molar-refractivity contribution in [2.45, 2.75) is 52.4 Å². The molecule has 1 rings (SSSR count). The molecule has 2 N–H and O–H groups in total. The van der Waals surface area contributed by atoms with Gasteiger partial charge in [0.2, 0.25) is 5.91 Å². The quantitative estimate of drug-likeness (QED) is 0.639. The molecule has 20 heavy (non-hydrogen) atoms. The number of carbonyl (C=O) groups excluding carboxylic acids is 1. The predicted molar refractivity (Wildman–Crippen MR) is 86.1 cm³/mol. The Bertz CT molecular complexity index is 373. The van der Waals surface area contributed by atoms with Gasteiger partial charge in [-0.2, -0.15) is 0 Å². The lowest BCUT2D eigenvalue weighted by atomic mass is 10.1. The van der Waals surface area contributed by atoms with E-state index in [0.29, 0.717) is 6.54 Å². The normalized spacial score (nSPS) is 10.3. The van der Waals surface area contributed by atoms with Crippen LogP contribution in [0.4, 0.5) is 5.69 Å². The molecule has 0 unspecified atom stereocenters. The molecule has 0 heterocycles. The van der Waals surface area contributed by atoms with Crippen molar-refractivity contribution < 1.29 is 4.79 Å². The van der Waals surface area contributed by atoms with Crippen molar-refractivity contribution in [2.75, 3.05) is 18.4 Å². The lowest BCUT2D eigenvalue weighted by Gasteiger charge is -2.08. The molecule has 0 fully saturated rings. The van der Waals surface area contributed by atoms with Gasteiger partial charge in [0.25, 0.3) is 0 Å². The molecule has 0 saturated carbocycles. The third kappa shape index (κ3) is 7.82. The van der Waals surface area contributed by atoms with Gasteiger partial charge < -0.3 is 10.6 Å². The maximum absolute atomic E-state index is 10.8. The highest BCUT2D eigenvalue weighted by Crippen LogP contribution is 2.10. The molecule has 0 spiro atoms. The predicted octanol–water partition coefficient (Wildman–Crippen LogP) is 3.75. The SMILES string of the molecule is CCCCCCCNc1ccc(CCNC(C)=O)cc1. The standard InChI is InChI=1S/C17H28N2O/c1-3-4-5-6-7-13-19-17-10-8-16(9-11-17)12-14-18-15(2)20/h8-11,19H,3-7,12-14H2,1-2H3,(H,18,20). The third-order valence-corrected chi connectivity index (χ3v) is 3.35. The summed E-state index contributed by atoms with van der Waals surface area (Å²) in [6.45, 7) is 5.55. The summed E-state index contributed by atoms with van der Waals surface area (Å²) >= 11 is 0. The molecular weight excluding hydrogens is 248 g/mol. The Morgan fingerprint density at radius 1 is 1.00 bits per heavy atom. The second kappa shape index (κ2) is 10.3. The van der Waals surface area contributed by atoms with E-state index in [4.69, 9.17) is 0 Å². The second-order valence-corrected chi connectivity index (χ2v) is 5.27. The number of carbonyl (C=O) groups is 1. The van der Waals surface area contributed by atoms with Gasteiger partial charge in [0, 0.05) is 25.7 Å². The number of unbranched alkanes of at least 4 members (excludes halogenated alkanes) is 4. The van der Waals surface area contributed by atoms with Crippen LogP contribution in [0.25, 0.3) is 0 Å². The van der Waals surface area contributed by atoms with Gasteiger partial charge >= 0.3 is 0 Å². The van der Waals surface area contributed by atoms with Gasteiger partial charge in [0.1, 0.15) is 0 Å². The summed E-state index contributed by atoms with van der Waals surface area (Å²) in [6.07, 6.45) is 7.44. The van der Waals surface area contributed by atoms with Gasteiger partial charge in [-0.15, -0.1) is 0 Å². The smallest absolute Gasteiger partial charge is 0.216 e. The van der Waals surface area contributed by atoms with E-state index in [1.54, 1.807) is 6.92 Å². The molecule has 1 amide bonds. The molecule has 0 aromatic heterocycles. The minimum atomic E-state index is 0.0337. The number of nitrogens with one attached hydrogen (secondary N) is 2. The number of amides is 1. The Morgan fingerprint density at radius 2 is 1.70 bits per heavy atom. The lowest BCUT2D eigenvalue weighted by molar-refractivity contribution is -0.118. The maximum atomic E-state index is 10.8. The second-order valence-electron chi connectivity index (χ2n) is 5.27. The molecule has 0 saturated heterocycles. The number of hydrogen-bond acceptors (Lipinski definition) is 2. The minimum absolute atomic E-state index is 0.0337. The largest absolute Gasteiger partial charge is 0.385 e. The number of hydrogen-bond donors (Lipinski definition) is 2. The fourth-order valence-electron chi connectivity index (χ4n) is 2.13. The Labute approximate surface area is 123 Å². The summed E-state index contributed by atoms with van der Waals surface area (Å²) < 4.78 is 0. The number of rotatable bonds is 10. The van der Waals surface area contributed by atoms with Gasteiger partial charge in [-0.05, 0) is 30.5 Å². The summed E-state index contributed by atoms with van der Waals surface area (Å²) in [7, 11) is 0. The Hall–Kier alpha value is -1.51. The van der Waals surface area contributed by atoms with Gasteiger partial charge in [0.15, 0.2) is 0 Å². The average Bonchev–Trinajstić information content (AvgIpc) is 2.44. The van der Waals surface area contributed by atoms with Crippen LogP contribution in [-0.2, 0) is 11.2 Å². The molecule has 112 valence electrons. The summed E-state index contributed by atoms with van der Waals surface area (Å²) in [4.78, 5) is 10.8. The van der Waals surface area contributed by atoms with Crippen LogP contribution in [0, 0.1) is 0 Å². The van der Waals surface area contributed by atoms with Gasteiger partial charge in [-0.3, -0.25) is 4.79 Å². The van der Waals surface area contributed by atoms with Gasteiger partial charge in [-0.25, -0.2) is 0 Å². The van der Waals surface area contributed by atoms with Gasteiger partial charge in [-0.1, -0.05) is 44.7 Å². The zero-order valence-corrected chi connectivity index (χ0v) is 12.9. The van der Waals surface area contributed by atoms with Gasteiger partial charge in [0.05, 0.1) is 0 Å². The van der Waals surface area contributed by atoms with E-state index in [0.717, 1.165) is 13.0 Å². The zero-order chi connectivity index (χ0) is 14.6. The first-order chi connectivity index (χ1) is 9.72. The molecule has 0 aliphatic carbocycles. The highest BCUT2D eigenvalue weighted by Gasteiger charge is 1.96. The van der Waals surface area contributed by atoms with Crippen molar-refractivity contribution in [3.05, 3.63) is 29.8 Å². The number of anilines is 1. The van der Waals surface area contributed by atoms with Crippen LogP contribution >= 0.6 is 0 Å². The third-order valence-electron chi connectivity index (χ3n) is 3.35. The lowest BCUT2D eigenvalue weighted by Crippen LogP contribution is -2.22. The van der Waals surface area contributed by atoms with Crippen molar-refractivity contribution in [1.29, 1.82) is 0 Å². The Kier molecular flexibility index (Phi) is 8.52. The number of benzene rings is 1. The van der Waals surface area contributed by atoms with E-state index < -0.39 is 0 Å². The molecule has 0 radical (unpaired) electrons. The van der Waals surface area contributed by atoms with Crippen molar-refractivity contribution in [1.82, 2.24) is 5.32 Å². The molecule has 0 atom stereocenters. The maximum Gasteiger partial charge on any atom is 0.216 e. The average molecular weight is 276 g/mol. The highest BCUT2D eigenvalue weighted by molar-refractivity contribution is 5.72. The zero-order valence-electron chi connectivity index (χ0n) is 12.9. The van der Waals surface area contributed by atoms with Crippen LogP contribution < -0.4 is 10.6 Å². The molecule has 1 aromatic rings. The van der Waals surface area contributed by atoms with Crippen LogP contribution in [0.5, 0.6) is 0 Å². The van der Waals surface area contributed by atoms with E-state index in [-0.39, 0.29) is 5.91 Å². The molecular formula is C17H28N2O. The summed E-state index contributed by atoms with van der Waals surface area (Å²) in [5, 5.41) is 6.27. The van der Waals surface area contributed by atoms with Crippen molar-refractivity contribution >= 4 is 11.6 Å². The topological polar surface area (TPSA) is 41.1 Å². The first kappa shape index (κ1) is 16.5. The van der Waals surface area contributed by atoms with Crippen LogP contribution in [0.15, 0.2) is 24.3 Å². The molecule has 0 aliphatic rings. The Morgan fingerprint density at radius 3 is 2.35 bits per heavy atom. The van der Waals surface area contributed by atoms with Crippen LogP contribution in [0.1, 0.15) is 51.5 Å². The first-order valence-electron chi connectivity index (χ1n) is 7.79. The van der Waals surface area contributed by atoms with Crippen molar-refractivity contribution in [2.24, 2.45) is 0 Å². The summed E-state index contributed by atoms with van der Waals surface area (Å²) in [5.74, 6) is 0.0337. The van der Waals surface area contributed by atoms with E-state index in [2.05, 4.69) is 41.8 Å². The van der Waals surface area contributed by atoms with Crippen molar-refractivity contribution in [3.63, 3.8) is 0 Å². The molecule has 3 heteroatoms. The van der Waals surface area contributed by atoms with Crippen molar-refractivity contribution in [3.8, 4) is 0 Å². The first-order valence-corrected chi connectivity index (χ1v) is 7.79. The monoisotopic (exact) mass is 276 g/mol. The van der Waals surface area contributed by atoms with Crippen LogP contribution in [0.3, 0.4) is 0 Å². The molecule has 3 nitrogen and oxygen atoms in total.